The number of nitrogens with zero attached hydrogens (tertiary/aromatic N) is 1. The molecule has 0 fully saturated rings. The fourth-order valence-electron chi connectivity index (χ4n) is 3.49. The number of pyridine rings is 1. The third-order valence-corrected chi connectivity index (χ3v) is 4.71. The Morgan fingerprint density at radius 2 is 1.79 bits per heavy atom. The molecular weight excluding hydrogens is 302 g/mol. The van der Waals surface area contributed by atoms with Crippen LogP contribution in [0.3, 0.4) is 0 Å². The summed E-state index contributed by atoms with van der Waals surface area (Å²) in [7, 11) is 5.06. The van der Waals surface area contributed by atoms with E-state index >= 15 is 0 Å². The highest BCUT2D eigenvalue weighted by atomic mass is 16.5. The van der Waals surface area contributed by atoms with E-state index < -0.39 is 0 Å². The number of benzene rings is 2. The van der Waals surface area contributed by atoms with Gasteiger partial charge in [-0.25, -0.2) is 0 Å². The molecule has 0 atom stereocenters. The molecule has 0 bridgehead atoms. The molecule has 122 valence electrons. The average molecular weight is 322 g/mol. The maximum absolute atomic E-state index is 5.59. The first-order valence-electron chi connectivity index (χ1n) is 8.00. The molecule has 0 spiro atoms. The lowest BCUT2D eigenvalue weighted by atomic mass is 9.95. The highest BCUT2D eigenvalue weighted by Gasteiger charge is 2.25. The first-order chi connectivity index (χ1) is 11.7. The predicted molar refractivity (Wildman–Crippen MR) is 92.9 cm³/mol. The highest BCUT2D eigenvalue weighted by molar-refractivity contribution is 5.91. The predicted octanol–water partition coefficient (Wildman–Crippen LogP) is 3.38. The first kappa shape index (κ1) is 14.8. The van der Waals surface area contributed by atoms with E-state index in [2.05, 4.69) is 35.0 Å². The number of rotatable bonds is 3. The van der Waals surface area contributed by atoms with E-state index in [1.165, 1.54) is 16.8 Å². The Bertz CT molecular complexity index is 934. The van der Waals surface area contributed by atoms with Crippen molar-refractivity contribution in [2.75, 3.05) is 21.3 Å². The standard InChI is InChI=1S/C20H20NO3/c1-22-15-5-6-16-14(10-15)8-9-21-12-17-13(11-18(16)21)4-7-19(23-2)20(17)24-3/h4-7,10-12H,8-9H2,1-3H3/q+1. The molecule has 4 nitrogen and oxygen atoms in total. The molecule has 0 radical (unpaired) electrons. The van der Waals surface area contributed by atoms with E-state index in [4.69, 9.17) is 14.2 Å². The molecule has 0 saturated carbocycles. The lowest BCUT2D eigenvalue weighted by Crippen LogP contribution is -2.40. The molecule has 1 aromatic heterocycles. The van der Waals surface area contributed by atoms with Gasteiger partial charge in [0, 0.05) is 18.1 Å². The molecule has 3 aromatic rings. The van der Waals surface area contributed by atoms with Gasteiger partial charge in [0.05, 0.1) is 26.7 Å². The molecule has 0 amide bonds. The molecule has 1 aliphatic heterocycles. The summed E-state index contributed by atoms with van der Waals surface area (Å²) in [6.07, 6.45) is 3.15. The van der Waals surface area contributed by atoms with Crippen molar-refractivity contribution in [3.63, 3.8) is 0 Å². The normalized spacial score (nSPS) is 12.5. The smallest absolute Gasteiger partial charge is 0.213 e. The van der Waals surface area contributed by atoms with Gasteiger partial charge in [-0.2, -0.15) is 4.57 Å². The summed E-state index contributed by atoms with van der Waals surface area (Å²) in [5, 5.41) is 2.21. The summed E-state index contributed by atoms with van der Waals surface area (Å²) in [6, 6.07) is 12.6. The van der Waals surface area contributed by atoms with E-state index in [0.29, 0.717) is 0 Å². The minimum atomic E-state index is 0.756. The van der Waals surface area contributed by atoms with Gasteiger partial charge < -0.3 is 14.2 Å². The molecular formula is C20H20NO3+. The number of hydrogen-bond donors (Lipinski definition) is 0. The van der Waals surface area contributed by atoms with Gasteiger partial charge in [0.1, 0.15) is 5.75 Å². The van der Waals surface area contributed by atoms with E-state index in [1.54, 1.807) is 21.3 Å². The van der Waals surface area contributed by atoms with E-state index in [0.717, 1.165) is 41.0 Å². The SMILES string of the molecule is COc1ccc2c(c1)CC[n+]1cc3c(OC)c(OC)ccc3cc1-2. The zero-order chi connectivity index (χ0) is 16.7. The molecule has 0 unspecified atom stereocenters. The van der Waals surface area contributed by atoms with Crippen molar-refractivity contribution >= 4 is 10.8 Å². The van der Waals surface area contributed by atoms with Crippen LogP contribution in [-0.4, -0.2) is 21.3 Å². The molecule has 2 aromatic carbocycles. The summed E-state index contributed by atoms with van der Waals surface area (Å²) in [5.41, 5.74) is 3.81. The van der Waals surface area contributed by atoms with E-state index in [9.17, 15) is 0 Å². The Morgan fingerprint density at radius 3 is 2.54 bits per heavy atom. The molecule has 24 heavy (non-hydrogen) atoms. The quantitative estimate of drug-likeness (QED) is 0.693. The van der Waals surface area contributed by atoms with Crippen LogP contribution in [0.2, 0.25) is 0 Å². The lowest BCUT2D eigenvalue weighted by Gasteiger charge is -2.17. The van der Waals surface area contributed by atoms with Crippen LogP contribution in [0.4, 0.5) is 0 Å². The van der Waals surface area contributed by atoms with Gasteiger partial charge >= 0.3 is 0 Å². The molecule has 4 rings (SSSR count). The summed E-state index contributed by atoms with van der Waals surface area (Å²) in [5.74, 6) is 2.45. The Morgan fingerprint density at radius 1 is 0.917 bits per heavy atom. The molecule has 2 heterocycles. The number of aromatic nitrogens is 1. The summed E-state index contributed by atoms with van der Waals surface area (Å²) in [4.78, 5) is 0. The van der Waals surface area contributed by atoms with Gasteiger partial charge in [0.25, 0.3) is 0 Å². The number of ether oxygens (including phenoxy) is 3. The molecule has 4 heteroatoms. The largest absolute Gasteiger partial charge is 0.497 e. The highest BCUT2D eigenvalue weighted by Crippen LogP contribution is 2.37. The van der Waals surface area contributed by atoms with Crippen molar-refractivity contribution in [3.8, 4) is 28.5 Å². The van der Waals surface area contributed by atoms with Crippen LogP contribution in [0.15, 0.2) is 42.6 Å². The topological polar surface area (TPSA) is 31.6 Å². The fraction of sp³-hybridized carbons (Fsp3) is 0.250. The van der Waals surface area contributed by atoms with E-state index in [1.807, 2.05) is 12.1 Å². The van der Waals surface area contributed by atoms with Gasteiger partial charge in [-0.15, -0.1) is 0 Å². The van der Waals surface area contributed by atoms with Crippen LogP contribution < -0.4 is 18.8 Å². The number of aryl methyl sites for hydroxylation is 2. The second-order valence-electron chi connectivity index (χ2n) is 5.93. The molecule has 0 saturated heterocycles. The first-order valence-corrected chi connectivity index (χ1v) is 8.00. The third kappa shape index (κ3) is 2.18. The van der Waals surface area contributed by atoms with Crippen LogP contribution in [0.1, 0.15) is 5.56 Å². The van der Waals surface area contributed by atoms with Gasteiger partial charge in [0.15, 0.2) is 24.2 Å². The molecule has 0 N–H and O–H groups in total. The van der Waals surface area contributed by atoms with Gasteiger partial charge in [-0.1, -0.05) is 0 Å². The maximum Gasteiger partial charge on any atom is 0.213 e. The molecule has 0 aliphatic carbocycles. The number of hydrogen-bond acceptors (Lipinski definition) is 3. The fourth-order valence-corrected chi connectivity index (χ4v) is 3.49. The van der Waals surface area contributed by atoms with Gasteiger partial charge in [-0.3, -0.25) is 0 Å². The van der Waals surface area contributed by atoms with Crippen molar-refractivity contribution in [3.05, 3.63) is 48.2 Å². The lowest BCUT2D eigenvalue weighted by molar-refractivity contribution is -0.686. The van der Waals surface area contributed by atoms with E-state index in [-0.39, 0.29) is 0 Å². The van der Waals surface area contributed by atoms with Gasteiger partial charge in [-0.05, 0) is 41.3 Å². The zero-order valence-electron chi connectivity index (χ0n) is 14.1. The average Bonchev–Trinajstić information content (AvgIpc) is 2.64. The zero-order valence-corrected chi connectivity index (χ0v) is 14.1. The Labute approximate surface area is 141 Å². The van der Waals surface area contributed by atoms with Crippen LogP contribution in [-0.2, 0) is 13.0 Å². The Balaban J connectivity index is 1.94. The second kappa shape index (κ2) is 5.71. The Kier molecular flexibility index (Phi) is 3.53. The maximum atomic E-state index is 5.59. The minimum absolute atomic E-state index is 0.756. The number of fused-ring (bicyclic) bond motifs is 4. The van der Waals surface area contributed by atoms with Crippen molar-refractivity contribution in [2.24, 2.45) is 0 Å². The Hall–Kier alpha value is -2.75. The van der Waals surface area contributed by atoms with Crippen molar-refractivity contribution in [1.29, 1.82) is 0 Å². The van der Waals surface area contributed by atoms with Gasteiger partial charge in [0.2, 0.25) is 5.69 Å². The van der Waals surface area contributed by atoms with Crippen LogP contribution in [0, 0.1) is 0 Å². The third-order valence-electron chi connectivity index (χ3n) is 4.71. The van der Waals surface area contributed by atoms with Crippen LogP contribution >= 0.6 is 0 Å². The minimum Gasteiger partial charge on any atom is -0.497 e. The monoisotopic (exact) mass is 322 g/mol. The number of methoxy groups -OCH3 is 3. The molecule has 1 aliphatic rings. The second-order valence-corrected chi connectivity index (χ2v) is 5.93. The van der Waals surface area contributed by atoms with Crippen molar-refractivity contribution in [2.45, 2.75) is 13.0 Å². The summed E-state index contributed by atoms with van der Waals surface area (Å²) >= 11 is 0. The van der Waals surface area contributed by atoms with Crippen LogP contribution in [0.5, 0.6) is 17.2 Å². The summed E-state index contributed by atoms with van der Waals surface area (Å²) in [6.45, 7) is 0.936. The van der Waals surface area contributed by atoms with Crippen LogP contribution in [0.25, 0.3) is 22.0 Å². The van der Waals surface area contributed by atoms with Crippen molar-refractivity contribution < 1.29 is 18.8 Å². The summed E-state index contributed by atoms with van der Waals surface area (Å²) < 4.78 is 18.7. The van der Waals surface area contributed by atoms with Crippen molar-refractivity contribution in [1.82, 2.24) is 0 Å².